The molecule has 0 saturated carbocycles. The highest BCUT2D eigenvalue weighted by molar-refractivity contribution is 5.78. The third-order valence-electron chi connectivity index (χ3n) is 2.36. The van der Waals surface area contributed by atoms with E-state index in [1.165, 1.54) is 0 Å². The second-order valence-corrected chi connectivity index (χ2v) is 3.55. The van der Waals surface area contributed by atoms with Gasteiger partial charge >= 0.3 is 0 Å². The van der Waals surface area contributed by atoms with Crippen molar-refractivity contribution in [1.82, 2.24) is 9.88 Å². The van der Waals surface area contributed by atoms with Crippen molar-refractivity contribution >= 4 is 11.6 Å². The summed E-state index contributed by atoms with van der Waals surface area (Å²) in [4.78, 5) is 17.2. The number of hydrogen-bond donors (Lipinski definition) is 1. The van der Waals surface area contributed by atoms with Gasteiger partial charge in [-0.3, -0.25) is 9.78 Å². The van der Waals surface area contributed by atoms with Crippen LogP contribution < -0.4 is 5.73 Å². The molecule has 14 heavy (non-hydrogen) atoms. The zero-order chi connectivity index (χ0) is 9.97. The Kier molecular flexibility index (Phi) is 2.35. The van der Waals surface area contributed by atoms with E-state index in [-0.39, 0.29) is 5.91 Å². The highest BCUT2D eigenvalue weighted by atomic mass is 16.2. The second-order valence-electron chi connectivity index (χ2n) is 3.55. The average molecular weight is 191 g/mol. The summed E-state index contributed by atoms with van der Waals surface area (Å²) in [5, 5.41) is 0. The Morgan fingerprint density at radius 3 is 3.00 bits per heavy atom. The van der Waals surface area contributed by atoms with Gasteiger partial charge in [0.2, 0.25) is 5.91 Å². The number of likely N-dealkylation sites (tertiary alicyclic amines) is 1. The predicted octanol–water partition coefficient (Wildman–Crippen LogP) is 0.786. The SMILES string of the molecule is Nc1cncc(CN2CCCC2=O)c1. The van der Waals surface area contributed by atoms with Gasteiger partial charge in [-0.05, 0) is 18.1 Å². The van der Waals surface area contributed by atoms with Gasteiger partial charge in [-0.25, -0.2) is 0 Å². The molecule has 4 heteroatoms. The Bertz CT molecular complexity index is 351. The highest BCUT2D eigenvalue weighted by Gasteiger charge is 2.19. The van der Waals surface area contributed by atoms with Crippen LogP contribution in [0, 0.1) is 0 Å². The van der Waals surface area contributed by atoms with E-state index in [0.717, 1.165) is 18.5 Å². The van der Waals surface area contributed by atoms with Crippen LogP contribution in [0.3, 0.4) is 0 Å². The number of carbonyl (C=O) groups excluding carboxylic acids is 1. The lowest BCUT2D eigenvalue weighted by Crippen LogP contribution is -2.23. The van der Waals surface area contributed by atoms with Crippen molar-refractivity contribution in [3.63, 3.8) is 0 Å². The summed E-state index contributed by atoms with van der Waals surface area (Å²) in [5.41, 5.74) is 7.25. The van der Waals surface area contributed by atoms with Gasteiger partial charge in [0.05, 0.1) is 5.69 Å². The van der Waals surface area contributed by atoms with Gasteiger partial charge in [0.15, 0.2) is 0 Å². The normalized spacial score (nSPS) is 16.3. The van der Waals surface area contributed by atoms with Gasteiger partial charge in [-0.1, -0.05) is 0 Å². The van der Waals surface area contributed by atoms with Crippen LogP contribution in [0.4, 0.5) is 5.69 Å². The molecule has 0 aliphatic carbocycles. The van der Waals surface area contributed by atoms with E-state index < -0.39 is 0 Å². The van der Waals surface area contributed by atoms with E-state index in [1.54, 1.807) is 12.4 Å². The summed E-state index contributed by atoms with van der Waals surface area (Å²) in [6, 6.07) is 1.86. The van der Waals surface area contributed by atoms with Crippen molar-refractivity contribution in [1.29, 1.82) is 0 Å². The van der Waals surface area contributed by atoms with E-state index in [4.69, 9.17) is 5.73 Å². The molecule has 0 aromatic carbocycles. The molecule has 1 saturated heterocycles. The molecule has 1 aliphatic rings. The molecule has 1 amide bonds. The van der Waals surface area contributed by atoms with Crippen molar-refractivity contribution in [2.75, 3.05) is 12.3 Å². The first-order valence-corrected chi connectivity index (χ1v) is 4.73. The number of nitrogens with two attached hydrogens (primary N) is 1. The predicted molar refractivity (Wildman–Crippen MR) is 53.3 cm³/mol. The van der Waals surface area contributed by atoms with Crippen LogP contribution in [-0.2, 0) is 11.3 Å². The number of amides is 1. The van der Waals surface area contributed by atoms with Crippen molar-refractivity contribution < 1.29 is 4.79 Å². The lowest BCUT2D eigenvalue weighted by atomic mass is 10.2. The minimum atomic E-state index is 0.229. The minimum absolute atomic E-state index is 0.229. The molecule has 0 spiro atoms. The highest BCUT2D eigenvalue weighted by Crippen LogP contribution is 2.14. The van der Waals surface area contributed by atoms with Crippen LogP contribution in [0.25, 0.3) is 0 Å². The number of nitrogens with zero attached hydrogens (tertiary/aromatic N) is 2. The van der Waals surface area contributed by atoms with E-state index >= 15 is 0 Å². The Labute approximate surface area is 82.7 Å². The molecule has 1 fully saturated rings. The smallest absolute Gasteiger partial charge is 0.222 e. The molecule has 1 aromatic heterocycles. The molecule has 2 rings (SSSR count). The average Bonchev–Trinajstić information content (AvgIpc) is 2.52. The number of hydrogen-bond acceptors (Lipinski definition) is 3. The van der Waals surface area contributed by atoms with Crippen molar-refractivity contribution in [2.45, 2.75) is 19.4 Å². The van der Waals surface area contributed by atoms with Crippen LogP contribution in [-0.4, -0.2) is 22.3 Å². The molecular formula is C10H13N3O. The van der Waals surface area contributed by atoms with Gasteiger partial charge < -0.3 is 10.6 Å². The molecule has 0 radical (unpaired) electrons. The molecule has 4 nitrogen and oxygen atoms in total. The van der Waals surface area contributed by atoms with Gasteiger partial charge in [0.1, 0.15) is 0 Å². The molecule has 74 valence electrons. The Balaban J connectivity index is 2.07. The van der Waals surface area contributed by atoms with Crippen LogP contribution in [0.1, 0.15) is 18.4 Å². The van der Waals surface area contributed by atoms with E-state index in [0.29, 0.717) is 18.7 Å². The lowest BCUT2D eigenvalue weighted by Gasteiger charge is -2.15. The number of carbonyl (C=O) groups is 1. The number of anilines is 1. The second kappa shape index (κ2) is 3.65. The maximum atomic E-state index is 11.3. The zero-order valence-electron chi connectivity index (χ0n) is 7.94. The molecule has 0 unspecified atom stereocenters. The quantitative estimate of drug-likeness (QED) is 0.751. The summed E-state index contributed by atoms with van der Waals surface area (Å²) in [5.74, 6) is 0.229. The maximum absolute atomic E-state index is 11.3. The van der Waals surface area contributed by atoms with Crippen molar-refractivity contribution in [3.05, 3.63) is 24.0 Å². The number of pyridine rings is 1. The minimum Gasteiger partial charge on any atom is -0.397 e. The van der Waals surface area contributed by atoms with Crippen LogP contribution in [0.5, 0.6) is 0 Å². The monoisotopic (exact) mass is 191 g/mol. The van der Waals surface area contributed by atoms with Gasteiger partial charge in [0.25, 0.3) is 0 Å². The van der Waals surface area contributed by atoms with Crippen LogP contribution >= 0.6 is 0 Å². The van der Waals surface area contributed by atoms with E-state index in [9.17, 15) is 4.79 Å². The Hall–Kier alpha value is -1.58. The fourth-order valence-electron chi connectivity index (χ4n) is 1.69. The maximum Gasteiger partial charge on any atom is 0.222 e. The molecule has 2 heterocycles. The van der Waals surface area contributed by atoms with E-state index in [1.807, 2.05) is 11.0 Å². The Morgan fingerprint density at radius 2 is 2.36 bits per heavy atom. The third-order valence-corrected chi connectivity index (χ3v) is 2.36. The fraction of sp³-hybridized carbons (Fsp3) is 0.400. The first kappa shape index (κ1) is 8.99. The molecular weight excluding hydrogens is 178 g/mol. The summed E-state index contributed by atoms with van der Waals surface area (Å²) in [6.45, 7) is 1.49. The molecule has 0 bridgehead atoms. The lowest BCUT2D eigenvalue weighted by molar-refractivity contribution is -0.128. The van der Waals surface area contributed by atoms with Crippen LogP contribution in [0.2, 0.25) is 0 Å². The molecule has 0 atom stereocenters. The standard InChI is InChI=1S/C10H13N3O/c11-9-4-8(5-12-6-9)7-13-3-1-2-10(13)14/h4-6H,1-3,7,11H2. The van der Waals surface area contributed by atoms with E-state index in [2.05, 4.69) is 4.98 Å². The van der Waals surface area contributed by atoms with Gasteiger partial charge in [0, 0.05) is 31.9 Å². The Morgan fingerprint density at radius 1 is 1.50 bits per heavy atom. The first-order valence-electron chi connectivity index (χ1n) is 4.73. The molecule has 1 aliphatic heterocycles. The summed E-state index contributed by atoms with van der Waals surface area (Å²) < 4.78 is 0. The van der Waals surface area contributed by atoms with Crippen LogP contribution in [0.15, 0.2) is 18.5 Å². The fourth-order valence-corrected chi connectivity index (χ4v) is 1.69. The number of nitrogen functional groups attached to an aromatic ring is 1. The first-order chi connectivity index (χ1) is 6.75. The molecule has 1 aromatic rings. The zero-order valence-corrected chi connectivity index (χ0v) is 7.94. The topological polar surface area (TPSA) is 59.2 Å². The van der Waals surface area contributed by atoms with Crippen molar-refractivity contribution in [3.8, 4) is 0 Å². The van der Waals surface area contributed by atoms with Crippen molar-refractivity contribution in [2.24, 2.45) is 0 Å². The van der Waals surface area contributed by atoms with Gasteiger partial charge in [-0.15, -0.1) is 0 Å². The summed E-state index contributed by atoms with van der Waals surface area (Å²) in [6.07, 6.45) is 5.00. The summed E-state index contributed by atoms with van der Waals surface area (Å²) in [7, 11) is 0. The number of rotatable bonds is 2. The van der Waals surface area contributed by atoms with Gasteiger partial charge in [-0.2, -0.15) is 0 Å². The summed E-state index contributed by atoms with van der Waals surface area (Å²) >= 11 is 0. The largest absolute Gasteiger partial charge is 0.397 e. The third kappa shape index (κ3) is 1.84. The number of aromatic nitrogens is 1. The molecule has 2 N–H and O–H groups in total.